The standard InChI is InChI=1S/C11H18O3/c1-3-11(2)9(12)6-10(11)14-8-4-5-13-7-8/h8,10H,3-7H2,1-2H3. The lowest BCUT2D eigenvalue weighted by Crippen LogP contribution is -2.54. The molecule has 2 rings (SSSR count). The summed E-state index contributed by atoms with van der Waals surface area (Å²) < 4.78 is 11.1. The number of Topliss-reactive ketones (excluding diaryl/α,β-unsaturated/α-hetero) is 1. The van der Waals surface area contributed by atoms with Gasteiger partial charge in [-0.15, -0.1) is 0 Å². The summed E-state index contributed by atoms with van der Waals surface area (Å²) in [6, 6.07) is 0. The van der Waals surface area contributed by atoms with E-state index in [9.17, 15) is 4.79 Å². The normalized spacial score (nSPS) is 42.6. The van der Waals surface area contributed by atoms with Crippen molar-refractivity contribution >= 4 is 5.78 Å². The minimum atomic E-state index is -0.220. The van der Waals surface area contributed by atoms with Crippen molar-refractivity contribution in [2.75, 3.05) is 13.2 Å². The summed E-state index contributed by atoms with van der Waals surface area (Å²) in [6.07, 6.45) is 2.81. The van der Waals surface area contributed by atoms with Crippen molar-refractivity contribution in [2.24, 2.45) is 5.41 Å². The van der Waals surface area contributed by atoms with Crippen molar-refractivity contribution in [2.45, 2.75) is 45.3 Å². The Morgan fingerprint density at radius 3 is 2.93 bits per heavy atom. The smallest absolute Gasteiger partial charge is 0.143 e. The molecule has 0 amide bonds. The number of rotatable bonds is 3. The third kappa shape index (κ3) is 1.48. The van der Waals surface area contributed by atoms with E-state index < -0.39 is 0 Å². The number of carbonyl (C=O) groups is 1. The monoisotopic (exact) mass is 198 g/mol. The van der Waals surface area contributed by atoms with Crippen LogP contribution in [0.1, 0.15) is 33.1 Å². The molecule has 3 atom stereocenters. The maximum atomic E-state index is 11.5. The SMILES string of the molecule is CCC1(C)C(=O)CC1OC1CCOC1. The molecular formula is C11H18O3. The minimum Gasteiger partial charge on any atom is -0.379 e. The van der Waals surface area contributed by atoms with Crippen molar-refractivity contribution in [1.29, 1.82) is 0 Å². The Balaban J connectivity index is 1.90. The average molecular weight is 198 g/mol. The molecule has 1 heterocycles. The third-order valence-corrected chi connectivity index (χ3v) is 3.70. The predicted molar refractivity (Wildman–Crippen MR) is 52.1 cm³/mol. The molecule has 3 unspecified atom stereocenters. The Kier molecular flexibility index (Phi) is 2.62. The maximum Gasteiger partial charge on any atom is 0.143 e. The molecule has 0 aromatic carbocycles. The number of ketones is 1. The zero-order valence-corrected chi connectivity index (χ0v) is 8.91. The van der Waals surface area contributed by atoms with E-state index in [0.29, 0.717) is 18.8 Å². The van der Waals surface area contributed by atoms with E-state index in [1.54, 1.807) is 0 Å². The van der Waals surface area contributed by atoms with Crippen LogP contribution in [0.4, 0.5) is 0 Å². The fourth-order valence-electron chi connectivity index (χ4n) is 2.15. The topological polar surface area (TPSA) is 35.5 Å². The predicted octanol–water partition coefficient (Wildman–Crippen LogP) is 1.55. The highest BCUT2D eigenvalue weighted by molar-refractivity contribution is 5.91. The van der Waals surface area contributed by atoms with Gasteiger partial charge in [0, 0.05) is 13.0 Å². The van der Waals surface area contributed by atoms with Crippen LogP contribution in [0, 0.1) is 5.41 Å². The fourth-order valence-corrected chi connectivity index (χ4v) is 2.15. The molecular weight excluding hydrogens is 180 g/mol. The van der Waals surface area contributed by atoms with Crippen LogP contribution >= 0.6 is 0 Å². The van der Waals surface area contributed by atoms with E-state index in [2.05, 4.69) is 6.92 Å². The van der Waals surface area contributed by atoms with Gasteiger partial charge in [0.15, 0.2) is 0 Å². The second-order valence-corrected chi connectivity index (χ2v) is 4.51. The van der Waals surface area contributed by atoms with Crippen LogP contribution in [0.15, 0.2) is 0 Å². The molecule has 1 saturated heterocycles. The number of hydrogen-bond donors (Lipinski definition) is 0. The van der Waals surface area contributed by atoms with Gasteiger partial charge in [0.2, 0.25) is 0 Å². The molecule has 0 bridgehead atoms. The van der Waals surface area contributed by atoms with Crippen molar-refractivity contribution in [3.8, 4) is 0 Å². The molecule has 14 heavy (non-hydrogen) atoms. The molecule has 2 aliphatic rings. The summed E-state index contributed by atoms with van der Waals surface area (Å²) in [5, 5.41) is 0. The van der Waals surface area contributed by atoms with Crippen LogP contribution in [0.25, 0.3) is 0 Å². The molecule has 0 aromatic rings. The fraction of sp³-hybridized carbons (Fsp3) is 0.909. The van der Waals surface area contributed by atoms with Crippen molar-refractivity contribution in [3.05, 3.63) is 0 Å². The van der Waals surface area contributed by atoms with E-state index in [-0.39, 0.29) is 17.6 Å². The van der Waals surface area contributed by atoms with Gasteiger partial charge in [-0.2, -0.15) is 0 Å². The summed E-state index contributed by atoms with van der Waals surface area (Å²) in [7, 11) is 0. The summed E-state index contributed by atoms with van der Waals surface area (Å²) in [4.78, 5) is 11.5. The second kappa shape index (κ2) is 3.63. The Hall–Kier alpha value is -0.410. The second-order valence-electron chi connectivity index (χ2n) is 4.51. The molecule has 2 fully saturated rings. The third-order valence-electron chi connectivity index (χ3n) is 3.70. The van der Waals surface area contributed by atoms with Gasteiger partial charge in [-0.1, -0.05) is 13.8 Å². The molecule has 0 spiro atoms. The molecule has 1 aliphatic heterocycles. The Morgan fingerprint density at radius 1 is 1.64 bits per heavy atom. The molecule has 0 radical (unpaired) electrons. The highest BCUT2D eigenvalue weighted by atomic mass is 16.6. The van der Waals surface area contributed by atoms with Crippen LogP contribution in [0.2, 0.25) is 0 Å². The van der Waals surface area contributed by atoms with Crippen LogP contribution in [0.5, 0.6) is 0 Å². The van der Waals surface area contributed by atoms with Gasteiger partial charge in [0.05, 0.1) is 24.2 Å². The van der Waals surface area contributed by atoms with Gasteiger partial charge in [-0.3, -0.25) is 4.79 Å². The van der Waals surface area contributed by atoms with E-state index >= 15 is 0 Å². The van der Waals surface area contributed by atoms with Crippen molar-refractivity contribution in [1.82, 2.24) is 0 Å². The zero-order chi connectivity index (χ0) is 10.2. The van der Waals surface area contributed by atoms with Gasteiger partial charge < -0.3 is 9.47 Å². The van der Waals surface area contributed by atoms with E-state index in [1.165, 1.54) is 0 Å². The number of carbonyl (C=O) groups excluding carboxylic acids is 1. The lowest BCUT2D eigenvalue weighted by Gasteiger charge is -2.45. The Morgan fingerprint density at radius 2 is 2.43 bits per heavy atom. The summed E-state index contributed by atoms with van der Waals surface area (Å²) in [5.74, 6) is 0.351. The number of hydrogen-bond acceptors (Lipinski definition) is 3. The molecule has 0 N–H and O–H groups in total. The molecule has 80 valence electrons. The van der Waals surface area contributed by atoms with Crippen LogP contribution in [0.3, 0.4) is 0 Å². The quantitative estimate of drug-likeness (QED) is 0.690. The van der Waals surface area contributed by atoms with Gasteiger partial charge in [0.25, 0.3) is 0 Å². The average Bonchev–Trinajstić information content (AvgIpc) is 2.69. The van der Waals surface area contributed by atoms with E-state index in [1.807, 2.05) is 6.92 Å². The molecule has 1 saturated carbocycles. The maximum absolute atomic E-state index is 11.5. The Labute approximate surface area is 84.8 Å². The van der Waals surface area contributed by atoms with Gasteiger partial charge in [-0.25, -0.2) is 0 Å². The first kappa shape index (κ1) is 10.1. The molecule has 3 heteroatoms. The first-order chi connectivity index (χ1) is 6.66. The van der Waals surface area contributed by atoms with Gasteiger partial charge >= 0.3 is 0 Å². The van der Waals surface area contributed by atoms with Crippen molar-refractivity contribution < 1.29 is 14.3 Å². The zero-order valence-electron chi connectivity index (χ0n) is 8.91. The van der Waals surface area contributed by atoms with E-state index in [4.69, 9.17) is 9.47 Å². The van der Waals surface area contributed by atoms with Crippen LogP contribution in [-0.4, -0.2) is 31.2 Å². The highest BCUT2D eigenvalue weighted by Crippen LogP contribution is 2.43. The lowest BCUT2D eigenvalue weighted by atomic mass is 9.64. The summed E-state index contributed by atoms with van der Waals surface area (Å²) in [6.45, 7) is 5.57. The summed E-state index contributed by atoms with van der Waals surface area (Å²) >= 11 is 0. The number of ether oxygens (including phenoxy) is 2. The molecule has 3 nitrogen and oxygen atoms in total. The van der Waals surface area contributed by atoms with Gasteiger partial charge in [-0.05, 0) is 12.8 Å². The largest absolute Gasteiger partial charge is 0.379 e. The lowest BCUT2D eigenvalue weighted by molar-refractivity contribution is -0.169. The Bertz CT molecular complexity index is 233. The first-order valence-corrected chi connectivity index (χ1v) is 5.43. The molecule has 1 aliphatic carbocycles. The minimum absolute atomic E-state index is 0.131. The summed E-state index contributed by atoms with van der Waals surface area (Å²) in [5.41, 5.74) is -0.220. The van der Waals surface area contributed by atoms with Gasteiger partial charge in [0.1, 0.15) is 5.78 Å². The van der Waals surface area contributed by atoms with Crippen LogP contribution in [-0.2, 0) is 14.3 Å². The van der Waals surface area contributed by atoms with E-state index in [0.717, 1.165) is 19.4 Å². The first-order valence-electron chi connectivity index (χ1n) is 5.43. The molecule has 0 aromatic heterocycles. The van der Waals surface area contributed by atoms with Crippen molar-refractivity contribution in [3.63, 3.8) is 0 Å². The highest BCUT2D eigenvalue weighted by Gasteiger charge is 2.51. The van der Waals surface area contributed by atoms with Crippen LogP contribution < -0.4 is 0 Å².